The second-order valence-electron chi connectivity index (χ2n) is 7.02. The lowest BCUT2D eigenvalue weighted by atomic mass is 10.1. The molecule has 0 saturated carbocycles. The molecule has 0 aliphatic carbocycles. The first-order valence-electron chi connectivity index (χ1n) is 9.80. The largest absolute Gasteiger partial charge is 0.497 e. The van der Waals surface area contributed by atoms with Crippen molar-refractivity contribution < 1.29 is 14.6 Å². The van der Waals surface area contributed by atoms with Crippen LogP contribution in [-0.4, -0.2) is 65.8 Å². The van der Waals surface area contributed by atoms with E-state index in [-0.39, 0.29) is 6.54 Å². The van der Waals surface area contributed by atoms with Crippen molar-refractivity contribution in [2.45, 2.75) is 26.2 Å². The van der Waals surface area contributed by atoms with Gasteiger partial charge in [-0.3, -0.25) is 14.7 Å². The molecule has 7 nitrogen and oxygen atoms in total. The first kappa shape index (κ1) is 20.1. The van der Waals surface area contributed by atoms with Gasteiger partial charge in [-0.15, -0.1) is 0 Å². The fourth-order valence-electron chi connectivity index (χ4n) is 3.38. The molecule has 0 amide bonds. The van der Waals surface area contributed by atoms with Gasteiger partial charge in [-0.25, -0.2) is 4.98 Å². The van der Waals surface area contributed by atoms with Gasteiger partial charge in [-0.2, -0.15) is 0 Å². The number of piperazine rings is 1. The van der Waals surface area contributed by atoms with E-state index >= 15 is 0 Å². The zero-order valence-electron chi connectivity index (χ0n) is 16.6. The number of carbonyl (C=O) groups is 1. The summed E-state index contributed by atoms with van der Waals surface area (Å²) in [6.45, 7) is 5.14. The van der Waals surface area contributed by atoms with Crippen LogP contribution in [-0.2, 0) is 11.2 Å². The number of carboxylic acid groups (broad SMARTS) is 1. The van der Waals surface area contributed by atoms with E-state index in [9.17, 15) is 4.79 Å². The van der Waals surface area contributed by atoms with Crippen LogP contribution in [0.1, 0.15) is 25.5 Å². The van der Waals surface area contributed by atoms with Crippen LogP contribution in [0.3, 0.4) is 0 Å². The van der Waals surface area contributed by atoms with E-state index in [0.29, 0.717) is 13.1 Å². The molecule has 1 aromatic carbocycles. The van der Waals surface area contributed by atoms with E-state index < -0.39 is 5.97 Å². The number of aliphatic carboxylic acids is 1. The van der Waals surface area contributed by atoms with E-state index in [1.165, 1.54) is 0 Å². The Morgan fingerprint density at radius 2 is 1.89 bits per heavy atom. The summed E-state index contributed by atoms with van der Waals surface area (Å²) in [7, 11) is 1.65. The maximum absolute atomic E-state index is 11.0. The van der Waals surface area contributed by atoms with Crippen molar-refractivity contribution in [3.63, 3.8) is 0 Å². The number of hydrogen-bond donors (Lipinski definition) is 1. The van der Waals surface area contributed by atoms with Gasteiger partial charge in [0.1, 0.15) is 11.4 Å². The van der Waals surface area contributed by atoms with Crippen LogP contribution in [0.5, 0.6) is 5.75 Å². The highest BCUT2D eigenvalue weighted by Gasteiger charge is 2.23. The lowest BCUT2D eigenvalue weighted by Gasteiger charge is -2.35. The predicted molar refractivity (Wildman–Crippen MR) is 109 cm³/mol. The molecule has 150 valence electrons. The maximum atomic E-state index is 11.0. The number of methoxy groups -OCH3 is 1. The van der Waals surface area contributed by atoms with Crippen LogP contribution in [0.2, 0.25) is 0 Å². The summed E-state index contributed by atoms with van der Waals surface area (Å²) >= 11 is 0. The Kier molecular flexibility index (Phi) is 6.81. The molecule has 3 rings (SSSR count). The standard InChI is InChI=1S/C21H28N4O3/c1-3-4-5-17-14-22-20(16-6-8-18(28-2)9-7-16)21(23-17)25-12-10-24(11-13-25)15-19(26)27/h6-9,14H,3-5,10-13,15H2,1-2H3,(H,26,27). The molecule has 0 unspecified atom stereocenters. The Labute approximate surface area is 166 Å². The average Bonchev–Trinajstić information content (AvgIpc) is 2.72. The Morgan fingerprint density at radius 1 is 1.18 bits per heavy atom. The smallest absolute Gasteiger partial charge is 0.317 e. The molecule has 1 N–H and O–H groups in total. The molecule has 2 aromatic rings. The van der Waals surface area contributed by atoms with Crippen LogP contribution >= 0.6 is 0 Å². The molecule has 0 bridgehead atoms. The fourth-order valence-corrected chi connectivity index (χ4v) is 3.38. The number of ether oxygens (including phenoxy) is 1. The van der Waals surface area contributed by atoms with Gasteiger partial charge in [0.25, 0.3) is 0 Å². The SMILES string of the molecule is CCCCc1cnc(-c2ccc(OC)cc2)c(N2CCN(CC(=O)O)CC2)n1. The normalized spacial score (nSPS) is 14.9. The Balaban J connectivity index is 1.86. The van der Waals surface area contributed by atoms with Gasteiger partial charge >= 0.3 is 5.97 Å². The number of unbranched alkanes of at least 4 members (excludes halogenated alkanes) is 1. The lowest BCUT2D eigenvalue weighted by Crippen LogP contribution is -2.48. The van der Waals surface area contributed by atoms with Crippen molar-refractivity contribution in [2.75, 3.05) is 44.7 Å². The average molecular weight is 384 g/mol. The number of carboxylic acids is 1. The molecule has 1 fully saturated rings. The van der Waals surface area contributed by atoms with Crippen molar-refractivity contribution in [1.29, 1.82) is 0 Å². The lowest BCUT2D eigenvalue weighted by molar-refractivity contribution is -0.138. The molecule has 1 aliphatic heterocycles. The number of rotatable bonds is 8. The van der Waals surface area contributed by atoms with Gasteiger partial charge in [-0.1, -0.05) is 13.3 Å². The summed E-state index contributed by atoms with van der Waals surface area (Å²) in [6.07, 6.45) is 4.99. The van der Waals surface area contributed by atoms with Gasteiger partial charge in [0.2, 0.25) is 0 Å². The Morgan fingerprint density at radius 3 is 2.50 bits per heavy atom. The molecular weight excluding hydrogens is 356 g/mol. The van der Waals surface area contributed by atoms with Crippen molar-refractivity contribution in [3.05, 3.63) is 36.2 Å². The van der Waals surface area contributed by atoms with Gasteiger partial charge in [0, 0.05) is 37.9 Å². The van der Waals surface area contributed by atoms with E-state index in [0.717, 1.165) is 60.9 Å². The van der Waals surface area contributed by atoms with Crippen LogP contribution in [0.15, 0.2) is 30.5 Å². The third kappa shape index (κ3) is 4.98. The fraction of sp³-hybridized carbons (Fsp3) is 0.476. The molecule has 2 heterocycles. The number of benzene rings is 1. The summed E-state index contributed by atoms with van der Waals surface area (Å²) in [4.78, 5) is 24.8. The van der Waals surface area contributed by atoms with Crippen molar-refractivity contribution >= 4 is 11.8 Å². The summed E-state index contributed by atoms with van der Waals surface area (Å²) in [5.41, 5.74) is 2.86. The van der Waals surface area contributed by atoms with E-state index in [1.54, 1.807) is 7.11 Å². The highest BCUT2D eigenvalue weighted by molar-refractivity contribution is 5.73. The quantitative estimate of drug-likeness (QED) is 0.750. The van der Waals surface area contributed by atoms with E-state index in [1.807, 2.05) is 35.4 Å². The first-order chi connectivity index (χ1) is 13.6. The number of anilines is 1. The van der Waals surface area contributed by atoms with Crippen LogP contribution in [0.4, 0.5) is 5.82 Å². The minimum absolute atomic E-state index is 0.0847. The van der Waals surface area contributed by atoms with Crippen LogP contribution in [0.25, 0.3) is 11.3 Å². The van der Waals surface area contributed by atoms with Crippen molar-refractivity contribution in [2.24, 2.45) is 0 Å². The minimum Gasteiger partial charge on any atom is -0.497 e. The summed E-state index contributed by atoms with van der Waals surface area (Å²) in [5.74, 6) is 0.905. The van der Waals surface area contributed by atoms with Gasteiger partial charge in [-0.05, 0) is 37.1 Å². The Bertz CT molecular complexity index is 787. The summed E-state index contributed by atoms with van der Waals surface area (Å²) in [5, 5.41) is 9.02. The molecule has 1 saturated heterocycles. The first-order valence-corrected chi connectivity index (χ1v) is 9.80. The number of nitrogens with zero attached hydrogens (tertiary/aromatic N) is 4. The molecule has 0 spiro atoms. The van der Waals surface area contributed by atoms with Gasteiger partial charge in [0.05, 0.1) is 19.3 Å². The second-order valence-corrected chi connectivity index (χ2v) is 7.02. The molecule has 0 atom stereocenters. The molecule has 7 heteroatoms. The zero-order valence-corrected chi connectivity index (χ0v) is 16.6. The third-order valence-corrected chi connectivity index (χ3v) is 4.98. The van der Waals surface area contributed by atoms with E-state index in [4.69, 9.17) is 19.8 Å². The number of aryl methyl sites for hydroxylation is 1. The maximum Gasteiger partial charge on any atom is 0.317 e. The minimum atomic E-state index is -0.784. The highest BCUT2D eigenvalue weighted by Crippen LogP contribution is 2.29. The van der Waals surface area contributed by atoms with Crippen LogP contribution in [0, 0.1) is 0 Å². The van der Waals surface area contributed by atoms with Crippen LogP contribution < -0.4 is 9.64 Å². The Hall–Kier alpha value is -2.67. The highest BCUT2D eigenvalue weighted by atomic mass is 16.5. The van der Waals surface area contributed by atoms with Gasteiger partial charge in [0.15, 0.2) is 5.82 Å². The molecule has 1 aliphatic rings. The van der Waals surface area contributed by atoms with Gasteiger partial charge < -0.3 is 14.7 Å². The predicted octanol–water partition coefficient (Wildman–Crippen LogP) is 2.70. The zero-order chi connectivity index (χ0) is 19.9. The molecule has 1 aromatic heterocycles. The molecule has 0 radical (unpaired) electrons. The number of aromatic nitrogens is 2. The summed E-state index contributed by atoms with van der Waals surface area (Å²) < 4.78 is 5.26. The van der Waals surface area contributed by atoms with Crippen molar-refractivity contribution in [3.8, 4) is 17.0 Å². The molecule has 28 heavy (non-hydrogen) atoms. The monoisotopic (exact) mass is 384 g/mol. The van der Waals surface area contributed by atoms with E-state index in [2.05, 4.69) is 11.8 Å². The topological polar surface area (TPSA) is 78.8 Å². The summed E-state index contributed by atoms with van der Waals surface area (Å²) in [6, 6.07) is 7.85. The molecular formula is C21H28N4O3. The van der Waals surface area contributed by atoms with Crippen molar-refractivity contribution in [1.82, 2.24) is 14.9 Å². The second kappa shape index (κ2) is 9.50. The third-order valence-electron chi connectivity index (χ3n) is 4.98. The number of hydrogen-bond acceptors (Lipinski definition) is 6.